The Morgan fingerprint density at radius 2 is 0.739 bits per heavy atom. The maximum Gasteiger partial charge on any atom is 0.179 e. The Hall–Kier alpha value is -8.56. The minimum absolute atomic E-state index is 1.08. The second-order valence-electron chi connectivity index (χ2n) is 17.2. The fourth-order valence-corrected chi connectivity index (χ4v) is 14.7. The van der Waals surface area contributed by atoms with Gasteiger partial charge in [0.15, 0.2) is 8.07 Å². The van der Waals surface area contributed by atoms with Crippen LogP contribution in [-0.2, 0) is 0 Å². The van der Waals surface area contributed by atoms with Gasteiger partial charge < -0.3 is 4.90 Å². The van der Waals surface area contributed by atoms with E-state index >= 15 is 0 Å². The molecule has 2 heteroatoms. The molecule has 69 heavy (non-hydrogen) atoms. The molecule has 0 fully saturated rings. The number of nitrogens with zero attached hydrogens (tertiary/aromatic N) is 1. The van der Waals surface area contributed by atoms with Gasteiger partial charge in [0.25, 0.3) is 0 Å². The fraction of sp³-hybridized carbons (Fsp3) is 0.0149. The van der Waals surface area contributed by atoms with Crippen LogP contribution in [0.5, 0.6) is 0 Å². The molecule has 330 valence electrons. The molecule has 10 rings (SSSR count). The number of benzene rings is 10. The molecule has 0 saturated carbocycles. The van der Waals surface area contributed by atoms with Crippen molar-refractivity contribution in [3.8, 4) is 44.5 Å². The Morgan fingerprint density at radius 3 is 1.16 bits per heavy atom. The Bertz CT molecular complexity index is 3160. The third-order valence-electron chi connectivity index (χ3n) is 13.2. The van der Waals surface area contributed by atoms with Crippen LogP contribution in [0.1, 0.15) is 12.5 Å². The van der Waals surface area contributed by atoms with E-state index in [1.807, 2.05) is 12.2 Å². The highest BCUT2D eigenvalue weighted by Crippen LogP contribution is 2.40. The molecule has 0 bridgehead atoms. The zero-order valence-electron chi connectivity index (χ0n) is 38.9. The predicted octanol–water partition coefficient (Wildman–Crippen LogP) is 15.3. The summed E-state index contributed by atoms with van der Waals surface area (Å²) >= 11 is 0. The molecule has 0 aliphatic rings. The molecule has 0 radical (unpaired) electrons. The van der Waals surface area contributed by atoms with Crippen molar-refractivity contribution in [3.63, 3.8) is 0 Å². The Morgan fingerprint density at radius 1 is 0.362 bits per heavy atom. The van der Waals surface area contributed by atoms with Crippen molar-refractivity contribution in [2.75, 3.05) is 4.90 Å². The minimum atomic E-state index is -2.81. The molecule has 0 heterocycles. The molecule has 0 aliphatic carbocycles. The largest absolute Gasteiger partial charge is 0.311 e. The third kappa shape index (κ3) is 9.02. The quantitative estimate of drug-likeness (QED) is 0.0597. The van der Waals surface area contributed by atoms with Crippen LogP contribution in [0.25, 0.3) is 50.1 Å². The summed E-state index contributed by atoms with van der Waals surface area (Å²) in [6, 6.07) is 97.6. The highest BCUT2D eigenvalue weighted by molar-refractivity contribution is 7.19. The molecule has 10 aromatic carbocycles. The van der Waals surface area contributed by atoms with Gasteiger partial charge in [-0.2, -0.15) is 0 Å². The van der Waals surface area contributed by atoms with Gasteiger partial charge >= 0.3 is 0 Å². The second-order valence-corrected chi connectivity index (χ2v) is 21.0. The highest BCUT2D eigenvalue weighted by Gasteiger charge is 2.41. The molecule has 0 amide bonds. The zero-order chi connectivity index (χ0) is 46.8. The van der Waals surface area contributed by atoms with E-state index in [0.717, 1.165) is 28.2 Å². The van der Waals surface area contributed by atoms with Crippen molar-refractivity contribution in [2.45, 2.75) is 6.92 Å². The standard InChI is InChI=1S/C67H53NSi/c1-3-5-23-51(4-2)67-50-63(69(60-28-15-8-16-29-60,61-30-17-9-18-31-61)62-32-19-10-20-33-62)48-49-66(67)65-35-22-21-34-64(65)56-40-46-59(47-41-56)68(57-42-36-54(37-43-57)52-24-11-6-12-25-52)58-44-38-55(39-45-58)53-26-13-7-14-27-53/h3-50H,1H2,2H3/b23-5-,51-4+. The molecule has 0 spiro atoms. The molecule has 0 unspecified atom stereocenters. The Balaban J connectivity index is 1.10. The van der Waals surface area contributed by atoms with Gasteiger partial charge in [0.05, 0.1) is 0 Å². The van der Waals surface area contributed by atoms with Crippen LogP contribution in [-0.4, -0.2) is 8.07 Å². The highest BCUT2D eigenvalue weighted by atomic mass is 28.3. The van der Waals surface area contributed by atoms with Gasteiger partial charge in [-0.25, -0.2) is 0 Å². The van der Waals surface area contributed by atoms with Crippen LogP contribution >= 0.6 is 0 Å². The van der Waals surface area contributed by atoms with E-state index < -0.39 is 8.07 Å². The van der Waals surface area contributed by atoms with Gasteiger partial charge in [-0.15, -0.1) is 0 Å². The average molecular weight is 900 g/mol. The van der Waals surface area contributed by atoms with Crippen molar-refractivity contribution in [1.29, 1.82) is 0 Å². The van der Waals surface area contributed by atoms with Gasteiger partial charge in [0.1, 0.15) is 0 Å². The number of hydrogen-bond donors (Lipinski definition) is 0. The van der Waals surface area contributed by atoms with E-state index in [2.05, 4.69) is 297 Å². The molecule has 10 aromatic rings. The van der Waals surface area contributed by atoms with E-state index in [1.165, 1.54) is 65.3 Å². The number of rotatable bonds is 14. The lowest BCUT2D eigenvalue weighted by Gasteiger charge is -2.35. The molecular weight excluding hydrogens is 847 g/mol. The number of allylic oxidation sites excluding steroid dienone is 5. The normalized spacial score (nSPS) is 11.6. The number of anilines is 3. The first-order valence-corrected chi connectivity index (χ1v) is 25.7. The molecule has 0 saturated heterocycles. The summed E-state index contributed by atoms with van der Waals surface area (Å²) in [6.07, 6.45) is 8.32. The van der Waals surface area contributed by atoms with Gasteiger partial charge in [0, 0.05) is 17.1 Å². The van der Waals surface area contributed by atoms with Crippen LogP contribution in [0.3, 0.4) is 0 Å². The van der Waals surface area contributed by atoms with Gasteiger partial charge in [-0.1, -0.05) is 261 Å². The molecule has 0 atom stereocenters. The van der Waals surface area contributed by atoms with E-state index in [-0.39, 0.29) is 0 Å². The van der Waals surface area contributed by atoms with Crippen molar-refractivity contribution < 1.29 is 0 Å². The first-order valence-electron chi connectivity index (χ1n) is 23.7. The van der Waals surface area contributed by atoms with E-state index in [0.29, 0.717) is 0 Å². The molecule has 0 aromatic heterocycles. The zero-order valence-corrected chi connectivity index (χ0v) is 39.9. The summed E-state index contributed by atoms with van der Waals surface area (Å²) in [4.78, 5) is 2.35. The fourth-order valence-electron chi connectivity index (χ4n) is 9.90. The SMILES string of the molecule is C=C/C=C\C(=C/C)c1cc([Si](c2ccccc2)(c2ccccc2)c2ccccc2)ccc1-c1ccccc1-c1ccc(N(c2ccc(-c3ccccc3)cc2)c2ccc(-c3ccccc3)cc2)cc1. The van der Waals surface area contributed by atoms with Crippen LogP contribution in [0.4, 0.5) is 17.1 Å². The lowest BCUT2D eigenvalue weighted by Crippen LogP contribution is -2.74. The summed E-state index contributed by atoms with van der Waals surface area (Å²) in [6.45, 7) is 6.19. The predicted molar refractivity (Wildman–Crippen MR) is 299 cm³/mol. The van der Waals surface area contributed by atoms with Crippen molar-refractivity contribution >= 4 is 51.5 Å². The summed E-state index contributed by atoms with van der Waals surface area (Å²) in [5.41, 5.74) is 15.0. The number of hydrogen-bond acceptors (Lipinski definition) is 1. The summed E-state index contributed by atoms with van der Waals surface area (Å²) in [5, 5.41) is 5.36. The van der Waals surface area contributed by atoms with Crippen molar-refractivity contribution in [1.82, 2.24) is 0 Å². The molecule has 1 nitrogen and oxygen atoms in total. The first kappa shape index (κ1) is 44.3. The molecule has 0 N–H and O–H groups in total. The van der Waals surface area contributed by atoms with Gasteiger partial charge in [0.2, 0.25) is 0 Å². The van der Waals surface area contributed by atoms with Crippen LogP contribution in [0.2, 0.25) is 0 Å². The monoisotopic (exact) mass is 899 g/mol. The van der Waals surface area contributed by atoms with E-state index in [1.54, 1.807) is 0 Å². The van der Waals surface area contributed by atoms with Crippen LogP contribution < -0.4 is 25.6 Å². The Kier molecular flexibility index (Phi) is 13.2. The lowest BCUT2D eigenvalue weighted by molar-refractivity contribution is 1.28. The van der Waals surface area contributed by atoms with Crippen molar-refractivity contribution in [2.24, 2.45) is 0 Å². The molecule has 0 aliphatic heterocycles. The lowest BCUT2D eigenvalue weighted by atomic mass is 9.89. The van der Waals surface area contributed by atoms with Gasteiger partial charge in [-0.3, -0.25) is 0 Å². The Labute approximate surface area is 409 Å². The third-order valence-corrected chi connectivity index (χ3v) is 18.0. The topological polar surface area (TPSA) is 3.24 Å². The molecular formula is C67H53NSi. The van der Waals surface area contributed by atoms with E-state index in [9.17, 15) is 0 Å². The average Bonchev–Trinajstić information content (AvgIpc) is 3.43. The summed E-state index contributed by atoms with van der Waals surface area (Å²) in [7, 11) is -2.81. The second kappa shape index (κ2) is 20.5. The van der Waals surface area contributed by atoms with Gasteiger partial charge in [-0.05, 0) is 120 Å². The van der Waals surface area contributed by atoms with E-state index in [4.69, 9.17) is 0 Å². The minimum Gasteiger partial charge on any atom is -0.311 e. The first-order chi connectivity index (χ1) is 34.1. The summed E-state index contributed by atoms with van der Waals surface area (Å²) < 4.78 is 0. The maximum atomic E-state index is 4.05. The maximum absolute atomic E-state index is 4.05. The van der Waals surface area contributed by atoms with Crippen LogP contribution in [0, 0.1) is 0 Å². The smallest absolute Gasteiger partial charge is 0.179 e. The van der Waals surface area contributed by atoms with Crippen LogP contribution in [0.15, 0.2) is 298 Å². The summed E-state index contributed by atoms with van der Waals surface area (Å²) in [5.74, 6) is 0. The van der Waals surface area contributed by atoms with Crippen molar-refractivity contribution in [3.05, 3.63) is 303 Å².